The van der Waals surface area contributed by atoms with E-state index in [1.54, 1.807) is 18.2 Å². The van der Waals surface area contributed by atoms with E-state index in [1.165, 1.54) is 0 Å². The van der Waals surface area contributed by atoms with Crippen LogP contribution in [-0.2, 0) is 6.54 Å². The number of rotatable bonds is 2. The number of piperazine rings is 1. The van der Waals surface area contributed by atoms with Crippen LogP contribution in [0.5, 0.6) is 0 Å². The molecule has 0 amide bonds. The summed E-state index contributed by atoms with van der Waals surface area (Å²) in [5.41, 5.74) is 0.566. The van der Waals surface area contributed by atoms with Gasteiger partial charge in [0.2, 0.25) is 0 Å². The minimum absolute atomic E-state index is 0. The molecular weight excluding hydrogens is 335 g/mol. The van der Waals surface area contributed by atoms with E-state index in [0.717, 1.165) is 26.2 Å². The molecule has 0 saturated carbocycles. The van der Waals surface area contributed by atoms with Gasteiger partial charge in [-0.25, -0.2) is 4.98 Å². The fraction of sp³-hybridized carbons (Fsp3) is 0.385. The summed E-state index contributed by atoms with van der Waals surface area (Å²) in [5, 5.41) is 4.39. The SMILES string of the molecule is Cl.Cl.O=c1[nH]c(CN2CCNCC2)nc2ccc(Cl)cc12. The summed E-state index contributed by atoms with van der Waals surface area (Å²) in [6, 6.07) is 5.19. The second-order valence-corrected chi connectivity index (χ2v) is 5.14. The Hall–Kier alpha value is -0.850. The molecule has 2 aromatic rings. The molecule has 116 valence electrons. The topological polar surface area (TPSA) is 61.0 Å². The van der Waals surface area contributed by atoms with Crippen molar-refractivity contribution in [3.8, 4) is 0 Å². The van der Waals surface area contributed by atoms with E-state index in [2.05, 4.69) is 20.2 Å². The number of benzene rings is 1. The molecule has 2 heterocycles. The average molecular weight is 352 g/mol. The highest BCUT2D eigenvalue weighted by Crippen LogP contribution is 2.14. The maximum atomic E-state index is 12.0. The summed E-state index contributed by atoms with van der Waals surface area (Å²) in [6.07, 6.45) is 0. The first-order chi connectivity index (χ1) is 9.22. The van der Waals surface area contributed by atoms with Gasteiger partial charge in [-0.1, -0.05) is 11.6 Å². The normalized spacial score (nSPS) is 15.3. The van der Waals surface area contributed by atoms with Gasteiger partial charge in [-0.2, -0.15) is 0 Å². The molecule has 0 aliphatic carbocycles. The number of aromatic amines is 1. The van der Waals surface area contributed by atoms with Crippen molar-refractivity contribution in [2.75, 3.05) is 26.2 Å². The maximum Gasteiger partial charge on any atom is 0.258 e. The third-order valence-corrected chi connectivity index (χ3v) is 3.53. The predicted molar refractivity (Wildman–Crippen MR) is 90.0 cm³/mol. The van der Waals surface area contributed by atoms with E-state index in [1.807, 2.05) is 0 Å². The Balaban J connectivity index is 0.00000110. The van der Waals surface area contributed by atoms with Crippen molar-refractivity contribution < 1.29 is 0 Å². The molecule has 1 aliphatic rings. The Morgan fingerprint density at radius 3 is 2.67 bits per heavy atom. The number of nitrogens with one attached hydrogen (secondary N) is 2. The van der Waals surface area contributed by atoms with Crippen LogP contribution in [-0.4, -0.2) is 41.0 Å². The summed E-state index contributed by atoms with van der Waals surface area (Å²) >= 11 is 5.89. The van der Waals surface area contributed by atoms with Gasteiger partial charge in [0.1, 0.15) is 5.82 Å². The van der Waals surface area contributed by atoms with Crippen LogP contribution in [0.4, 0.5) is 0 Å². The van der Waals surface area contributed by atoms with Gasteiger partial charge in [0.25, 0.3) is 5.56 Å². The molecule has 2 N–H and O–H groups in total. The van der Waals surface area contributed by atoms with Gasteiger partial charge >= 0.3 is 0 Å². The van der Waals surface area contributed by atoms with Crippen LogP contribution in [0.25, 0.3) is 10.9 Å². The van der Waals surface area contributed by atoms with Gasteiger partial charge in [0.05, 0.1) is 17.4 Å². The van der Waals surface area contributed by atoms with E-state index < -0.39 is 0 Å². The monoisotopic (exact) mass is 350 g/mol. The molecular formula is C13H17Cl3N4O. The van der Waals surface area contributed by atoms with Crippen molar-refractivity contribution in [2.24, 2.45) is 0 Å². The molecule has 0 atom stereocenters. The van der Waals surface area contributed by atoms with Crippen molar-refractivity contribution in [1.82, 2.24) is 20.2 Å². The van der Waals surface area contributed by atoms with Crippen LogP contribution in [0, 0.1) is 0 Å². The van der Waals surface area contributed by atoms with Gasteiger partial charge in [-0.15, -0.1) is 24.8 Å². The molecule has 1 fully saturated rings. The van der Waals surface area contributed by atoms with Crippen molar-refractivity contribution in [2.45, 2.75) is 6.54 Å². The quantitative estimate of drug-likeness (QED) is 0.866. The number of fused-ring (bicyclic) bond motifs is 1. The average Bonchev–Trinajstić information content (AvgIpc) is 2.41. The lowest BCUT2D eigenvalue weighted by atomic mass is 10.2. The first-order valence-electron chi connectivity index (χ1n) is 6.34. The number of aromatic nitrogens is 2. The molecule has 3 rings (SSSR count). The van der Waals surface area contributed by atoms with E-state index in [9.17, 15) is 4.79 Å². The molecule has 1 saturated heterocycles. The number of hydrogen-bond acceptors (Lipinski definition) is 4. The Labute approximate surface area is 139 Å². The zero-order valence-corrected chi connectivity index (χ0v) is 13.7. The maximum absolute atomic E-state index is 12.0. The summed E-state index contributed by atoms with van der Waals surface area (Å²) in [6.45, 7) is 4.58. The highest BCUT2D eigenvalue weighted by Gasteiger charge is 2.12. The molecule has 1 aliphatic heterocycles. The molecule has 0 spiro atoms. The van der Waals surface area contributed by atoms with E-state index in [0.29, 0.717) is 28.3 Å². The third-order valence-electron chi connectivity index (χ3n) is 3.30. The largest absolute Gasteiger partial charge is 0.314 e. The minimum atomic E-state index is -0.127. The van der Waals surface area contributed by atoms with Gasteiger partial charge in [-0.3, -0.25) is 9.69 Å². The summed E-state index contributed by atoms with van der Waals surface area (Å²) < 4.78 is 0. The Kier molecular flexibility index (Phi) is 6.90. The predicted octanol–water partition coefficient (Wildman–Crippen LogP) is 1.83. The molecule has 0 unspecified atom stereocenters. The molecule has 1 aromatic carbocycles. The Bertz CT molecular complexity index is 655. The van der Waals surface area contributed by atoms with E-state index >= 15 is 0 Å². The fourth-order valence-corrected chi connectivity index (χ4v) is 2.49. The zero-order chi connectivity index (χ0) is 13.2. The Morgan fingerprint density at radius 1 is 1.24 bits per heavy atom. The van der Waals surface area contributed by atoms with E-state index in [-0.39, 0.29) is 30.4 Å². The van der Waals surface area contributed by atoms with Crippen LogP contribution in [0.15, 0.2) is 23.0 Å². The smallest absolute Gasteiger partial charge is 0.258 e. The van der Waals surface area contributed by atoms with Gasteiger partial charge in [-0.05, 0) is 18.2 Å². The second kappa shape index (κ2) is 7.96. The lowest BCUT2D eigenvalue weighted by molar-refractivity contribution is 0.228. The molecule has 1 aromatic heterocycles. The lowest BCUT2D eigenvalue weighted by Crippen LogP contribution is -2.43. The second-order valence-electron chi connectivity index (χ2n) is 4.70. The van der Waals surface area contributed by atoms with Crippen molar-refractivity contribution in [3.05, 3.63) is 39.4 Å². The Morgan fingerprint density at radius 2 is 1.95 bits per heavy atom. The zero-order valence-electron chi connectivity index (χ0n) is 11.3. The van der Waals surface area contributed by atoms with Crippen LogP contribution >= 0.6 is 36.4 Å². The highest BCUT2D eigenvalue weighted by molar-refractivity contribution is 6.31. The fourth-order valence-electron chi connectivity index (χ4n) is 2.32. The molecule has 8 heteroatoms. The van der Waals surface area contributed by atoms with Crippen LogP contribution < -0.4 is 10.9 Å². The minimum Gasteiger partial charge on any atom is -0.314 e. The molecule has 0 bridgehead atoms. The molecule has 21 heavy (non-hydrogen) atoms. The van der Waals surface area contributed by atoms with Crippen LogP contribution in [0.3, 0.4) is 0 Å². The van der Waals surface area contributed by atoms with Gasteiger partial charge in [0.15, 0.2) is 0 Å². The third kappa shape index (κ3) is 4.31. The van der Waals surface area contributed by atoms with Gasteiger partial charge in [0, 0.05) is 31.2 Å². The summed E-state index contributed by atoms with van der Waals surface area (Å²) in [5.74, 6) is 0.710. The number of hydrogen-bond donors (Lipinski definition) is 2. The van der Waals surface area contributed by atoms with Crippen molar-refractivity contribution in [1.29, 1.82) is 0 Å². The van der Waals surface area contributed by atoms with Gasteiger partial charge < -0.3 is 10.3 Å². The standard InChI is InChI=1S/C13H15ClN4O.2ClH/c14-9-1-2-11-10(7-9)13(19)17-12(16-11)8-18-5-3-15-4-6-18;;/h1-2,7,15H,3-6,8H2,(H,16,17,19);2*1H. The number of H-pyrrole nitrogens is 1. The number of halogens is 3. The summed E-state index contributed by atoms with van der Waals surface area (Å²) in [7, 11) is 0. The lowest BCUT2D eigenvalue weighted by Gasteiger charge is -2.26. The van der Waals surface area contributed by atoms with Crippen LogP contribution in [0.2, 0.25) is 5.02 Å². The first kappa shape index (κ1) is 18.2. The molecule has 0 radical (unpaired) electrons. The number of nitrogens with zero attached hydrogens (tertiary/aromatic N) is 2. The highest BCUT2D eigenvalue weighted by atomic mass is 35.5. The van der Waals surface area contributed by atoms with E-state index in [4.69, 9.17) is 11.6 Å². The van der Waals surface area contributed by atoms with Crippen LogP contribution in [0.1, 0.15) is 5.82 Å². The summed E-state index contributed by atoms with van der Waals surface area (Å²) in [4.78, 5) is 21.6. The first-order valence-corrected chi connectivity index (χ1v) is 6.72. The van der Waals surface area contributed by atoms with Crippen molar-refractivity contribution in [3.63, 3.8) is 0 Å². The molecule has 5 nitrogen and oxygen atoms in total. The van der Waals surface area contributed by atoms with Crippen molar-refractivity contribution >= 4 is 47.3 Å².